The quantitative estimate of drug-likeness (QED) is 0.491. The third-order valence-electron chi connectivity index (χ3n) is 4.94. The molecular formula is C19H22N8O2. The number of aromatic nitrogens is 4. The van der Waals surface area contributed by atoms with E-state index in [1.165, 1.54) is 12.6 Å². The molecule has 10 nitrogen and oxygen atoms in total. The Morgan fingerprint density at radius 3 is 2.66 bits per heavy atom. The highest BCUT2D eigenvalue weighted by Gasteiger charge is 2.23. The van der Waals surface area contributed by atoms with Gasteiger partial charge in [0.25, 0.3) is 5.91 Å². The Labute approximate surface area is 167 Å². The number of hydrogen-bond donors (Lipinski definition) is 4. The molecule has 10 heteroatoms. The van der Waals surface area contributed by atoms with Crippen molar-refractivity contribution in [3.63, 3.8) is 0 Å². The van der Waals surface area contributed by atoms with Crippen LogP contribution in [-0.4, -0.2) is 38.2 Å². The normalized spacial score (nSPS) is 18.9. The molecule has 29 heavy (non-hydrogen) atoms. The van der Waals surface area contributed by atoms with Gasteiger partial charge in [-0.1, -0.05) is 12.8 Å². The lowest BCUT2D eigenvalue weighted by molar-refractivity contribution is 0.100. The van der Waals surface area contributed by atoms with Crippen LogP contribution in [0.25, 0.3) is 11.5 Å². The Morgan fingerprint density at radius 2 is 1.97 bits per heavy atom. The van der Waals surface area contributed by atoms with Crippen molar-refractivity contribution in [1.29, 1.82) is 0 Å². The molecule has 150 valence electrons. The van der Waals surface area contributed by atoms with E-state index >= 15 is 0 Å². The summed E-state index contributed by atoms with van der Waals surface area (Å²) < 4.78 is 5.18. The maximum Gasteiger partial charge on any atom is 0.254 e. The van der Waals surface area contributed by atoms with Crippen molar-refractivity contribution < 1.29 is 9.21 Å². The number of anilines is 3. The third-order valence-corrected chi connectivity index (χ3v) is 4.94. The zero-order chi connectivity index (χ0) is 20.2. The van der Waals surface area contributed by atoms with E-state index in [-0.39, 0.29) is 17.6 Å². The molecule has 0 radical (unpaired) electrons. The first-order valence-electron chi connectivity index (χ1n) is 9.43. The molecule has 0 bridgehead atoms. The molecule has 1 saturated carbocycles. The first-order valence-corrected chi connectivity index (χ1v) is 9.43. The van der Waals surface area contributed by atoms with Crippen LogP contribution in [-0.2, 0) is 0 Å². The van der Waals surface area contributed by atoms with Crippen molar-refractivity contribution in [3.8, 4) is 11.5 Å². The topological polar surface area (TPSA) is 158 Å². The first-order chi connectivity index (χ1) is 14.1. The lowest BCUT2D eigenvalue weighted by Crippen LogP contribution is -2.43. The number of carbonyl (C=O) groups excluding carboxylic acids is 1. The SMILES string of the molecule is NC(=O)c1cnc(N[C@@H]2CCCC[C@@H]2N)nc1Nc1ccc(-c2nnco2)cc1. The van der Waals surface area contributed by atoms with Gasteiger partial charge in [-0.25, -0.2) is 4.98 Å². The van der Waals surface area contributed by atoms with Gasteiger partial charge in [0.15, 0.2) is 0 Å². The van der Waals surface area contributed by atoms with Gasteiger partial charge in [0.2, 0.25) is 18.2 Å². The molecule has 0 saturated heterocycles. The number of primary amides is 1. The Kier molecular flexibility index (Phi) is 5.34. The Bertz CT molecular complexity index is 974. The molecule has 0 aliphatic heterocycles. The van der Waals surface area contributed by atoms with E-state index in [1.54, 1.807) is 0 Å². The minimum absolute atomic E-state index is 0.0526. The van der Waals surface area contributed by atoms with Crippen LogP contribution in [0.2, 0.25) is 0 Å². The average molecular weight is 394 g/mol. The largest absolute Gasteiger partial charge is 0.423 e. The fraction of sp³-hybridized carbons (Fsp3) is 0.316. The van der Waals surface area contributed by atoms with Crippen LogP contribution in [0.5, 0.6) is 0 Å². The molecule has 4 rings (SSSR count). The summed E-state index contributed by atoms with van der Waals surface area (Å²) in [5.41, 5.74) is 13.4. The van der Waals surface area contributed by atoms with Gasteiger partial charge in [-0.15, -0.1) is 10.2 Å². The molecule has 2 atom stereocenters. The van der Waals surface area contributed by atoms with Crippen molar-refractivity contribution in [3.05, 3.63) is 42.4 Å². The van der Waals surface area contributed by atoms with Crippen LogP contribution in [0.15, 0.2) is 41.3 Å². The summed E-state index contributed by atoms with van der Waals surface area (Å²) >= 11 is 0. The summed E-state index contributed by atoms with van der Waals surface area (Å²) in [5, 5.41) is 13.9. The Hall–Kier alpha value is -3.53. The van der Waals surface area contributed by atoms with Crippen LogP contribution in [0.3, 0.4) is 0 Å². The van der Waals surface area contributed by atoms with Crippen LogP contribution >= 0.6 is 0 Å². The van der Waals surface area contributed by atoms with E-state index < -0.39 is 5.91 Å². The number of amides is 1. The molecule has 0 spiro atoms. The maximum absolute atomic E-state index is 11.8. The van der Waals surface area contributed by atoms with Gasteiger partial charge in [0.1, 0.15) is 11.4 Å². The molecule has 1 fully saturated rings. The molecule has 1 amide bonds. The maximum atomic E-state index is 11.8. The number of nitrogens with one attached hydrogen (secondary N) is 2. The summed E-state index contributed by atoms with van der Waals surface area (Å²) in [6, 6.07) is 7.43. The highest BCUT2D eigenvalue weighted by atomic mass is 16.4. The predicted octanol–water partition coefficient (Wildman–Crippen LogP) is 2.05. The molecule has 0 unspecified atom stereocenters. The summed E-state index contributed by atoms with van der Waals surface area (Å²) in [4.78, 5) is 20.5. The number of carbonyl (C=O) groups is 1. The smallest absolute Gasteiger partial charge is 0.254 e. The lowest BCUT2D eigenvalue weighted by atomic mass is 9.91. The van der Waals surface area contributed by atoms with E-state index in [0.717, 1.165) is 36.9 Å². The monoisotopic (exact) mass is 394 g/mol. The van der Waals surface area contributed by atoms with E-state index in [2.05, 4.69) is 30.8 Å². The molecule has 3 aromatic rings. The minimum atomic E-state index is -0.615. The summed E-state index contributed by atoms with van der Waals surface area (Å²) in [6.45, 7) is 0. The number of nitrogens with two attached hydrogens (primary N) is 2. The third kappa shape index (κ3) is 4.32. The second-order valence-electron chi connectivity index (χ2n) is 6.97. The number of nitrogens with zero attached hydrogens (tertiary/aromatic N) is 4. The zero-order valence-electron chi connectivity index (χ0n) is 15.7. The van der Waals surface area contributed by atoms with Gasteiger partial charge in [-0.2, -0.15) is 4.98 Å². The summed E-state index contributed by atoms with van der Waals surface area (Å²) in [7, 11) is 0. The number of rotatable bonds is 6. The fourth-order valence-electron chi connectivity index (χ4n) is 3.36. The van der Waals surface area contributed by atoms with Crippen LogP contribution < -0.4 is 22.1 Å². The van der Waals surface area contributed by atoms with Gasteiger partial charge < -0.3 is 26.5 Å². The molecule has 1 aliphatic carbocycles. The van der Waals surface area contributed by atoms with E-state index in [4.69, 9.17) is 15.9 Å². The van der Waals surface area contributed by atoms with Crippen LogP contribution in [0.4, 0.5) is 17.5 Å². The predicted molar refractivity (Wildman–Crippen MR) is 107 cm³/mol. The fourth-order valence-corrected chi connectivity index (χ4v) is 3.36. The van der Waals surface area contributed by atoms with Gasteiger partial charge >= 0.3 is 0 Å². The first kappa shape index (κ1) is 18.8. The Morgan fingerprint density at radius 1 is 1.17 bits per heavy atom. The van der Waals surface area contributed by atoms with Gasteiger partial charge in [0.05, 0.1) is 0 Å². The molecule has 6 N–H and O–H groups in total. The molecular weight excluding hydrogens is 372 g/mol. The van der Waals surface area contributed by atoms with Gasteiger partial charge in [-0.3, -0.25) is 4.79 Å². The molecule has 2 aromatic heterocycles. The molecule has 2 heterocycles. The van der Waals surface area contributed by atoms with Crippen molar-refractivity contribution in [2.75, 3.05) is 10.6 Å². The second-order valence-corrected chi connectivity index (χ2v) is 6.97. The second kappa shape index (κ2) is 8.23. The Balaban J connectivity index is 1.55. The van der Waals surface area contributed by atoms with Crippen molar-refractivity contribution in [2.24, 2.45) is 11.5 Å². The number of hydrogen-bond acceptors (Lipinski definition) is 9. The van der Waals surface area contributed by atoms with Crippen LogP contribution in [0.1, 0.15) is 36.0 Å². The zero-order valence-corrected chi connectivity index (χ0v) is 15.7. The van der Waals surface area contributed by atoms with Crippen molar-refractivity contribution in [1.82, 2.24) is 20.2 Å². The van der Waals surface area contributed by atoms with E-state index in [0.29, 0.717) is 17.7 Å². The van der Waals surface area contributed by atoms with Crippen molar-refractivity contribution in [2.45, 2.75) is 37.8 Å². The van der Waals surface area contributed by atoms with Gasteiger partial charge in [-0.05, 0) is 37.1 Å². The highest BCUT2D eigenvalue weighted by Crippen LogP contribution is 2.24. The average Bonchev–Trinajstić information content (AvgIpc) is 3.25. The highest BCUT2D eigenvalue weighted by molar-refractivity contribution is 5.98. The lowest BCUT2D eigenvalue weighted by Gasteiger charge is -2.29. The van der Waals surface area contributed by atoms with E-state index in [1.807, 2.05) is 24.3 Å². The molecule has 1 aliphatic rings. The summed E-state index contributed by atoms with van der Waals surface area (Å²) in [6.07, 6.45) is 6.86. The minimum Gasteiger partial charge on any atom is -0.423 e. The number of benzene rings is 1. The van der Waals surface area contributed by atoms with Crippen molar-refractivity contribution >= 4 is 23.4 Å². The van der Waals surface area contributed by atoms with Gasteiger partial charge in [0, 0.05) is 29.5 Å². The standard InChI is InChI=1S/C19H22N8O2/c20-14-3-1-2-4-15(14)25-19-22-9-13(16(21)28)17(26-19)24-12-7-5-11(6-8-12)18-27-23-10-29-18/h5-10,14-15H,1-4,20H2,(H2,21,28)(H2,22,24,25,26)/t14-,15+/m0/s1. The summed E-state index contributed by atoms with van der Waals surface area (Å²) in [5.74, 6) is 0.537. The van der Waals surface area contributed by atoms with E-state index in [9.17, 15) is 4.79 Å². The molecule has 1 aromatic carbocycles. The van der Waals surface area contributed by atoms with Crippen LogP contribution in [0, 0.1) is 0 Å².